The molecule has 21 heavy (non-hydrogen) atoms. The van der Waals surface area contributed by atoms with Crippen molar-refractivity contribution in [2.75, 3.05) is 13.0 Å². The number of benzene rings is 2. The molecular formula is C19H23ClO. The zero-order valence-corrected chi connectivity index (χ0v) is 13.8. The fourth-order valence-electron chi connectivity index (χ4n) is 2.85. The van der Waals surface area contributed by atoms with Gasteiger partial charge < -0.3 is 4.74 Å². The highest BCUT2D eigenvalue weighted by molar-refractivity contribution is 6.18. The number of halogens is 1. The van der Waals surface area contributed by atoms with E-state index in [4.69, 9.17) is 16.3 Å². The van der Waals surface area contributed by atoms with E-state index in [0.29, 0.717) is 5.88 Å². The van der Waals surface area contributed by atoms with Crippen molar-refractivity contribution < 1.29 is 4.74 Å². The van der Waals surface area contributed by atoms with Crippen LogP contribution in [0.2, 0.25) is 0 Å². The number of alkyl halides is 1. The average molecular weight is 303 g/mol. The van der Waals surface area contributed by atoms with E-state index in [2.05, 4.69) is 50.2 Å². The highest BCUT2D eigenvalue weighted by atomic mass is 35.5. The van der Waals surface area contributed by atoms with Crippen LogP contribution in [0, 0.1) is 6.92 Å². The molecule has 2 aromatic carbocycles. The van der Waals surface area contributed by atoms with Gasteiger partial charge in [0, 0.05) is 11.3 Å². The molecule has 2 aromatic rings. The van der Waals surface area contributed by atoms with Crippen molar-refractivity contribution in [1.29, 1.82) is 0 Å². The molecule has 0 saturated carbocycles. The Morgan fingerprint density at radius 3 is 2.38 bits per heavy atom. The fourth-order valence-corrected chi connectivity index (χ4v) is 3.29. The highest BCUT2D eigenvalue weighted by Crippen LogP contribution is 2.36. The minimum absolute atomic E-state index is 0.0517. The summed E-state index contributed by atoms with van der Waals surface area (Å²) in [6.45, 7) is 4.32. The molecule has 0 aliphatic carbocycles. The van der Waals surface area contributed by atoms with Gasteiger partial charge in [-0.3, -0.25) is 0 Å². The second-order valence-corrected chi connectivity index (χ2v) is 5.89. The second kappa shape index (κ2) is 7.00. The van der Waals surface area contributed by atoms with Crippen LogP contribution < -0.4 is 4.74 Å². The van der Waals surface area contributed by atoms with Gasteiger partial charge in [-0.1, -0.05) is 55.0 Å². The SMILES string of the molecule is CCC(CCl)(Cc1cc(C)ccc1OC)c1ccccc1. The molecule has 2 rings (SSSR count). The molecule has 112 valence electrons. The van der Waals surface area contributed by atoms with E-state index in [9.17, 15) is 0 Å². The zero-order valence-electron chi connectivity index (χ0n) is 13.0. The number of ether oxygens (including phenoxy) is 1. The summed E-state index contributed by atoms with van der Waals surface area (Å²) in [5, 5.41) is 0. The predicted molar refractivity (Wildman–Crippen MR) is 90.6 cm³/mol. The van der Waals surface area contributed by atoms with E-state index in [-0.39, 0.29) is 5.41 Å². The van der Waals surface area contributed by atoms with Crippen LogP contribution in [-0.2, 0) is 11.8 Å². The molecular weight excluding hydrogens is 280 g/mol. The first-order chi connectivity index (χ1) is 10.1. The number of hydrogen-bond donors (Lipinski definition) is 0. The van der Waals surface area contributed by atoms with Crippen LogP contribution in [0.5, 0.6) is 5.75 Å². The van der Waals surface area contributed by atoms with Crippen LogP contribution in [0.4, 0.5) is 0 Å². The number of hydrogen-bond acceptors (Lipinski definition) is 1. The molecule has 0 radical (unpaired) electrons. The molecule has 0 amide bonds. The molecule has 1 atom stereocenters. The van der Waals surface area contributed by atoms with Gasteiger partial charge in [-0.25, -0.2) is 0 Å². The summed E-state index contributed by atoms with van der Waals surface area (Å²) in [7, 11) is 1.73. The van der Waals surface area contributed by atoms with Gasteiger partial charge in [0.1, 0.15) is 5.75 Å². The molecule has 0 aliphatic heterocycles. The van der Waals surface area contributed by atoms with Crippen LogP contribution >= 0.6 is 11.6 Å². The van der Waals surface area contributed by atoms with Gasteiger partial charge in [0.25, 0.3) is 0 Å². The van der Waals surface area contributed by atoms with Crippen molar-refractivity contribution in [3.8, 4) is 5.75 Å². The molecule has 0 spiro atoms. The Morgan fingerprint density at radius 2 is 1.81 bits per heavy atom. The van der Waals surface area contributed by atoms with Crippen LogP contribution in [0.25, 0.3) is 0 Å². The van der Waals surface area contributed by atoms with Crippen molar-refractivity contribution in [2.45, 2.75) is 32.1 Å². The normalized spacial score (nSPS) is 13.7. The van der Waals surface area contributed by atoms with Crippen LogP contribution in [0.1, 0.15) is 30.0 Å². The van der Waals surface area contributed by atoms with Crippen molar-refractivity contribution in [2.24, 2.45) is 0 Å². The minimum atomic E-state index is -0.0517. The van der Waals surface area contributed by atoms with E-state index in [0.717, 1.165) is 18.6 Å². The lowest BCUT2D eigenvalue weighted by Gasteiger charge is -2.32. The van der Waals surface area contributed by atoms with Crippen molar-refractivity contribution in [3.63, 3.8) is 0 Å². The molecule has 0 bridgehead atoms. The molecule has 1 unspecified atom stereocenters. The number of aryl methyl sites for hydroxylation is 1. The standard InChI is InChI=1S/C19H23ClO/c1-4-19(14-20,17-8-6-5-7-9-17)13-16-12-15(2)10-11-18(16)21-3/h5-12H,4,13-14H2,1-3H3. The predicted octanol–water partition coefficient (Wildman–Crippen LogP) is 5.13. The number of rotatable bonds is 6. The van der Waals surface area contributed by atoms with E-state index >= 15 is 0 Å². The number of methoxy groups -OCH3 is 1. The molecule has 2 heteroatoms. The third kappa shape index (κ3) is 3.41. The Hall–Kier alpha value is -1.47. The highest BCUT2D eigenvalue weighted by Gasteiger charge is 2.30. The molecule has 0 fully saturated rings. The Balaban J connectivity index is 2.44. The van der Waals surface area contributed by atoms with Gasteiger partial charge in [-0.05, 0) is 37.0 Å². The summed E-state index contributed by atoms with van der Waals surface area (Å²) in [6, 6.07) is 16.9. The lowest BCUT2D eigenvalue weighted by molar-refractivity contribution is 0.395. The summed E-state index contributed by atoms with van der Waals surface area (Å²) < 4.78 is 5.53. The third-order valence-electron chi connectivity index (χ3n) is 4.28. The Kier molecular flexibility index (Phi) is 5.30. The van der Waals surface area contributed by atoms with Crippen LogP contribution in [0.3, 0.4) is 0 Å². The van der Waals surface area contributed by atoms with Crippen molar-refractivity contribution in [1.82, 2.24) is 0 Å². The quantitative estimate of drug-likeness (QED) is 0.672. The maximum absolute atomic E-state index is 6.40. The summed E-state index contributed by atoms with van der Waals surface area (Å²) in [6.07, 6.45) is 1.89. The Morgan fingerprint density at radius 1 is 1.10 bits per heavy atom. The van der Waals surface area contributed by atoms with E-state index in [1.807, 2.05) is 12.1 Å². The summed E-state index contributed by atoms with van der Waals surface area (Å²) in [5.74, 6) is 1.55. The van der Waals surface area contributed by atoms with Gasteiger partial charge in [-0.15, -0.1) is 11.6 Å². The van der Waals surface area contributed by atoms with Crippen molar-refractivity contribution in [3.05, 3.63) is 65.2 Å². The molecule has 1 nitrogen and oxygen atoms in total. The maximum atomic E-state index is 6.40. The van der Waals surface area contributed by atoms with E-state index < -0.39 is 0 Å². The first-order valence-corrected chi connectivity index (χ1v) is 7.93. The fraction of sp³-hybridized carbons (Fsp3) is 0.368. The van der Waals surface area contributed by atoms with Gasteiger partial charge in [-0.2, -0.15) is 0 Å². The van der Waals surface area contributed by atoms with Crippen molar-refractivity contribution >= 4 is 11.6 Å². The Bertz CT molecular complexity index is 573. The first kappa shape index (κ1) is 15.9. The molecule has 0 saturated heterocycles. The third-order valence-corrected chi connectivity index (χ3v) is 4.80. The smallest absolute Gasteiger partial charge is 0.122 e. The van der Waals surface area contributed by atoms with Crippen LogP contribution in [0.15, 0.2) is 48.5 Å². The largest absolute Gasteiger partial charge is 0.496 e. The monoisotopic (exact) mass is 302 g/mol. The minimum Gasteiger partial charge on any atom is -0.496 e. The lowest BCUT2D eigenvalue weighted by Crippen LogP contribution is -2.30. The second-order valence-electron chi connectivity index (χ2n) is 5.63. The summed E-state index contributed by atoms with van der Waals surface area (Å²) in [4.78, 5) is 0. The van der Waals surface area contributed by atoms with Gasteiger partial charge >= 0.3 is 0 Å². The molecule has 0 heterocycles. The Labute approximate surface area is 132 Å². The summed E-state index contributed by atoms with van der Waals surface area (Å²) >= 11 is 6.40. The molecule has 0 aliphatic rings. The molecule has 0 aromatic heterocycles. The first-order valence-electron chi connectivity index (χ1n) is 7.40. The lowest BCUT2D eigenvalue weighted by atomic mass is 9.75. The maximum Gasteiger partial charge on any atom is 0.122 e. The molecule has 0 N–H and O–H groups in total. The van der Waals surface area contributed by atoms with Gasteiger partial charge in [0.05, 0.1) is 7.11 Å². The zero-order chi connectivity index (χ0) is 15.3. The van der Waals surface area contributed by atoms with Gasteiger partial charge in [0.15, 0.2) is 0 Å². The van der Waals surface area contributed by atoms with E-state index in [1.54, 1.807) is 7.11 Å². The average Bonchev–Trinajstić information content (AvgIpc) is 2.54. The van der Waals surface area contributed by atoms with Crippen LogP contribution in [-0.4, -0.2) is 13.0 Å². The summed E-state index contributed by atoms with van der Waals surface area (Å²) in [5.41, 5.74) is 3.72. The van der Waals surface area contributed by atoms with Gasteiger partial charge in [0.2, 0.25) is 0 Å². The van der Waals surface area contributed by atoms with E-state index in [1.165, 1.54) is 16.7 Å². The topological polar surface area (TPSA) is 9.23 Å².